The van der Waals surface area contributed by atoms with Gasteiger partial charge in [0.1, 0.15) is 5.92 Å². The summed E-state index contributed by atoms with van der Waals surface area (Å²) >= 11 is 0. The summed E-state index contributed by atoms with van der Waals surface area (Å²) in [6.45, 7) is 2.17. The molecule has 1 aliphatic heterocycles. The maximum Gasteiger partial charge on any atom is 0.235 e. The van der Waals surface area contributed by atoms with Gasteiger partial charge in [-0.3, -0.25) is 9.59 Å². The Morgan fingerprint density at radius 3 is 2.62 bits per heavy atom. The molecule has 0 radical (unpaired) electrons. The van der Waals surface area contributed by atoms with Crippen LogP contribution in [0.2, 0.25) is 0 Å². The number of carbonyl (C=O) groups excluding carboxylic acids is 2. The molecule has 2 aliphatic rings. The standard InChI is InChI=1S/C11H18N2O3/c1-11(4-2-3-5-11)13-10(16)8-7(14)6-12-9(8)15/h7-8,14H,2-6H2,1H3,(H,12,15)(H,13,16). The number of hydrogen-bond donors (Lipinski definition) is 3. The monoisotopic (exact) mass is 226 g/mol. The quantitative estimate of drug-likeness (QED) is 0.558. The average Bonchev–Trinajstić information content (AvgIpc) is 2.74. The molecule has 1 saturated carbocycles. The van der Waals surface area contributed by atoms with E-state index in [-0.39, 0.29) is 23.9 Å². The van der Waals surface area contributed by atoms with Gasteiger partial charge in [0.05, 0.1) is 6.10 Å². The number of rotatable bonds is 2. The third-order valence-electron chi connectivity index (χ3n) is 3.57. The van der Waals surface area contributed by atoms with Crippen LogP contribution < -0.4 is 10.6 Å². The van der Waals surface area contributed by atoms with Gasteiger partial charge in [-0.2, -0.15) is 0 Å². The van der Waals surface area contributed by atoms with Crippen LogP contribution in [0.1, 0.15) is 32.6 Å². The number of β-amino-alcohol motifs (C(OH)–C–C–N with tert-alkyl or cyclic N) is 1. The Morgan fingerprint density at radius 1 is 1.50 bits per heavy atom. The highest BCUT2D eigenvalue weighted by Crippen LogP contribution is 2.29. The number of carbonyl (C=O) groups is 2. The van der Waals surface area contributed by atoms with Gasteiger partial charge in [-0.1, -0.05) is 12.8 Å². The van der Waals surface area contributed by atoms with Crippen LogP contribution >= 0.6 is 0 Å². The molecule has 5 heteroatoms. The minimum absolute atomic E-state index is 0.174. The summed E-state index contributed by atoms with van der Waals surface area (Å²) in [7, 11) is 0. The zero-order chi connectivity index (χ0) is 11.8. The highest BCUT2D eigenvalue weighted by molar-refractivity contribution is 6.02. The lowest BCUT2D eigenvalue weighted by Crippen LogP contribution is -2.49. The first-order valence-corrected chi connectivity index (χ1v) is 5.80. The maximum absolute atomic E-state index is 11.9. The maximum atomic E-state index is 11.9. The molecule has 0 aromatic rings. The molecule has 0 spiro atoms. The topological polar surface area (TPSA) is 78.4 Å². The van der Waals surface area contributed by atoms with E-state index in [2.05, 4.69) is 10.6 Å². The van der Waals surface area contributed by atoms with E-state index in [4.69, 9.17) is 0 Å². The third-order valence-corrected chi connectivity index (χ3v) is 3.57. The smallest absolute Gasteiger partial charge is 0.235 e. The van der Waals surface area contributed by atoms with Crippen LogP contribution in [-0.4, -0.2) is 35.1 Å². The van der Waals surface area contributed by atoms with Crippen molar-refractivity contribution in [3.63, 3.8) is 0 Å². The Kier molecular flexibility index (Phi) is 2.88. The first-order valence-electron chi connectivity index (χ1n) is 5.80. The molecule has 1 aliphatic carbocycles. The Bertz CT molecular complexity index is 310. The van der Waals surface area contributed by atoms with Gasteiger partial charge in [-0.05, 0) is 19.8 Å². The molecule has 2 amide bonds. The molecule has 5 nitrogen and oxygen atoms in total. The van der Waals surface area contributed by atoms with Gasteiger partial charge in [0.15, 0.2) is 0 Å². The fraction of sp³-hybridized carbons (Fsp3) is 0.818. The summed E-state index contributed by atoms with van der Waals surface area (Å²) in [4.78, 5) is 23.3. The molecule has 1 saturated heterocycles. The van der Waals surface area contributed by atoms with Crippen molar-refractivity contribution in [2.24, 2.45) is 5.92 Å². The first-order chi connectivity index (χ1) is 7.52. The molecule has 0 aromatic carbocycles. The van der Waals surface area contributed by atoms with Crippen LogP contribution in [-0.2, 0) is 9.59 Å². The van der Waals surface area contributed by atoms with Crippen molar-refractivity contribution in [1.82, 2.24) is 10.6 Å². The van der Waals surface area contributed by atoms with Gasteiger partial charge in [-0.15, -0.1) is 0 Å². The normalized spacial score (nSPS) is 32.5. The van der Waals surface area contributed by atoms with Crippen molar-refractivity contribution in [1.29, 1.82) is 0 Å². The second-order valence-electron chi connectivity index (χ2n) is 5.05. The zero-order valence-electron chi connectivity index (χ0n) is 9.45. The summed E-state index contributed by atoms with van der Waals surface area (Å²) in [5.41, 5.74) is -0.195. The van der Waals surface area contributed by atoms with Crippen LogP contribution in [0.25, 0.3) is 0 Å². The fourth-order valence-corrected chi connectivity index (χ4v) is 2.56. The molecular formula is C11H18N2O3. The lowest BCUT2D eigenvalue weighted by atomic mass is 9.97. The molecular weight excluding hydrogens is 208 g/mol. The largest absolute Gasteiger partial charge is 0.390 e. The molecule has 3 N–H and O–H groups in total. The minimum atomic E-state index is -0.933. The molecule has 0 bridgehead atoms. The minimum Gasteiger partial charge on any atom is -0.390 e. The highest BCUT2D eigenvalue weighted by atomic mass is 16.3. The van der Waals surface area contributed by atoms with E-state index in [0.717, 1.165) is 25.7 Å². The summed E-state index contributed by atoms with van der Waals surface area (Å²) in [6, 6.07) is 0. The van der Waals surface area contributed by atoms with Crippen LogP contribution in [0.5, 0.6) is 0 Å². The van der Waals surface area contributed by atoms with Crippen molar-refractivity contribution in [3.8, 4) is 0 Å². The number of nitrogens with one attached hydrogen (secondary N) is 2. The third kappa shape index (κ3) is 2.04. The van der Waals surface area contributed by atoms with Gasteiger partial charge in [0.25, 0.3) is 0 Å². The van der Waals surface area contributed by atoms with Gasteiger partial charge >= 0.3 is 0 Å². The van der Waals surface area contributed by atoms with E-state index in [1.807, 2.05) is 6.92 Å². The number of amides is 2. The number of aliphatic hydroxyl groups excluding tert-OH is 1. The average molecular weight is 226 g/mol. The molecule has 2 fully saturated rings. The summed E-state index contributed by atoms with van der Waals surface area (Å²) < 4.78 is 0. The lowest BCUT2D eigenvalue weighted by molar-refractivity contribution is -0.136. The highest BCUT2D eigenvalue weighted by Gasteiger charge is 2.42. The summed E-state index contributed by atoms with van der Waals surface area (Å²) in [5, 5.41) is 14.9. The molecule has 2 rings (SSSR count). The van der Waals surface area contributed by atoms with Crippen molar-refractivity contribution in [2.45, 2.75) is 44.2 Å². The van der Waals surface area contributed by atoms with Gasteiger partial charge < -0.3 is 15.7 Å². The van der Waals surface area contributed by atoms with Gasteiger partial charge in [0, 0.05) is 12.1 Å². The molecule has 2 unspecified atom stereocenters. The predicted molar refractivity (Wildman–Crippen MR) is 57.5 cm³/mol. The summed E-state index contributed by atoms with van der Waals surface area (Å²) in [6.07, 6.45) is 3.22. The van der Waals surface area contributed by atoms with E-state index in [0.29, 0.717) is 0 Å². The van der Waals surface area contributed by atoms with Gasteiger partial charge in [-0.25, -0.2) is 0 Å². The van der Waals surface area contributed by atoms with Crippen LogP contribution in [0.15, 0.2) is 0 Å². The second-order valence-corrected chi connectivity index (χ2v) is 5.05. The Labute approximate surface area is 94.6 Å². The molecule has 90 valence electrons. The molecule has 0 aromatic heterocycles. The van der Waals surface area contributed by atoms with Crippen molar-refractivity contribution in [3.05, 3.63) is 0 Å². The molecule has 1 heterocycles. The van der Waals surface area contributed by atoms with E-state index >= 15 is 0 Å². The predicted octanol–water partition coefficient (Wildman–Crippen LogP) is -0.458. The van der Waals surface area contributed by atoms with E-state index in [1.54, 1.807) is 0 Å². The second kappa shape index (κ2) is 4.05. The Balaban J connectivity index is 1.99. The molecule has 2 atom stereocenters. The van der Waals surface area contributed by atoms with Crippen LogP contribution in [0.3, 0.4) is 0 Å². The zero-order valence-corrected chi connectivity index (χ0v) is 9.45. The van der Waals surface area contributed by atoms with E-state index in [9.17, 15) is 14.7 Å². The molecule has 16 heavy (non-hydrogen) atoms. The van der Waals surface area contributed by atoms with Crippen molar-refractivity contribution in [2.75, 3.05) is 6.54 Å². The lowest BCUT2D eigenvalue weighted by Gasteiger charge is -2.27. The number of aliphatic hydroxyl groups is 1. The Hall–Kier alpha value is -1.10. The van der Waals surface area contributed by atoms with Crippen LogP contribution in [0, 0.1) is 5.92 Å². The summed E-state index contributed by atoms with van der Waals surface area (Å²) in [5.74, 6) is -1.64. The first kappa shape index (κ1) is 11.4. The SMILES string of the molecule is CC1(NC(=O)C2C(=O)NCC2O)CCCC1. The fourth-order valence-electron chi connectivity index (χ4n) is 2.56. The van der Waals surface area contributed by atoms with Crippen LogP contribution in [0.4, 0.5) is 0 Å². The number of hydrogen-bond acceptors (Lipinski definition) is 3. The van der Waals surface area contributed by atoms with Crippen molar-refractivity contribution < 1.29 is 14.7 Å². The van der Waals surface area contributed by atoms with E-state index < -0.39 is 12.0 Å². The van der Waals surface area contributed by atoms with E-state index in [1.165, 1.54) is 0 Å². The Morgan fingerprint density at radius 2 is 2.12 bits per heavy atom. The van der Waals surface area contributed by atoms with Crippen molar-refractivity contribution >= 4 is 11.8 Å². The van der Waals surface area contributed by atoms with Gasteiger partial charge in [0.2, 0.25) is 11.8 Å².